The molecule has 1 aromatic rings. The second kappa shape index (κ2) is 9.57. The second-order valence-electron chi connectivity index (χ2n) is 6.62. The molecule has 1 aromatic carbocycles. The van der Waals surface area contributed by atoms with Crippen LogP contribution in [0.3, 0.4) is 0 Å². The average molecular weight is 377 g/mol. The number of amides is 2. The van der Waals surface area contributed by atoms with Crippen LogP contribution in [0.5, 0.6) is 11.5 Å². The minimum absolute atomic E-state index is 0.0118. The van der Waals surface area contributed by atoms with Crippen molar-refractivity contribution in [3.63, 3.8) is 0 Å². The van der Waals surface area contributed by atoms with Gasteiger partial charge >= 0.3 is 0 Å². The molecule has 0 aliphatic carbocycles. The first-order valence-corrected chi connectivity index (χ1v) is 9.34. The maximum Gasteiger partial charge on any atom is 0.254 e. The highest BCUT2D eigenvalue weighted by molar-refractivity contribution is 5.95. The lowest BCUT2D eigenvalue weighted by atomic mass is 10.1. The van der Waals surface area contributed by atoms with Crippen molar-refractivity contribution in [3.8, 4) is 11.5 Å². The van der Waals surface area contributed by atoms with Crippen LogP contribution in [0.25, 0.3) is 0 Å². The van der Waals surface area contributed by atoms with Gasteiger partial charge in [0, 0.05) is 52.0 Å². The first kappa shape index (κ1) is 19.4. The molecule has 0 aromatic heterocycles. The third-order valence-electron chi connectivity index (χ3n) is 4.66. The average Bonchev–Trinajstić information content (AvgIpc) is 2.71. The fourth-order valence-corrected chi connectivity index (χ4v) is 3.17. The summed E-state index contributed by atoms with van der Waals surface area (Å²) in [4.78, 5) is 28.6. The zero-order chi connectivity index (χ0) is 19.1. The van der Waals surface area contributed by atoms with Crippen LogP contribution in [0.15, 0.2) is 18.2 Å². The molecule has 0 bridgehead atoms. The topological polar surface area (TPSA) is 80.3 Å². The lowest BCUT2D eigenvalue weighted by Crippen LogP contribution is -2.51. The maximum absolute atomic E-state index is 12.7. The van der Waals surface area contributed by atoms with Gasteiger partial charge in [-0.1, -0.05) is 0 Å². The zero-order valence-electron chi connectivity index (χ0n) is 15.7. The monoisotopic (exact) mass is 377 g/mol. The van der Waals surface area contributed by atoms with E-state index >= 15 is 0 Å². The van der Waals surface area contributed by atoms with Gasteiger partial charge in [0.15, 0.2) is 11.5 Å². The Labute approximate surface area is 159 Å². The molecule has 0 saturated carbocycles. The molecule has 0 unspecified atom stereocenters. The first-order valence-electron chi connectivity index (χ1n) is 9.34. The van der Waals surface area contributed by atoms with Crippen LogP contribution >= 0.6 is 0 Å². The van der Waals surface area contributed by atoms with Crippen LogP contribution in [0.1, 0.15) is 16.8 Å². The van der Waals surface area contributed by atoms with Gasteiger partial charge in [-0.25, -0.2) is 0 Å². The summed E-state index contributed by atoms with van der Waals surface area (Å²) >= 11 is 0. The lowest BCUT2D eigenvalue weighted by molar-refractivity contribution is -0.122. The summed E-state index contributed by atoms with van der Waals surface area (Å²) in [6, 6.07) is 5.30. The van der Waals surface area contributed by atoms with Gasteiger partial charge in [0.25, 0.3) is 5.91 Å². The quantitative estimate of drug-likeness (QED) is 0.692. The lowest BCUT2D eigenvalue weighted by Gasteiger charge is -2.34. The van der Waals surface area contributed by atoms with E-state index in [0.717, 1.165) is 6.42 Å². The minimum atomic E-state index is -0.0179. The fraction of sp³-hybridized carbons (Fsp3) is 0.579. The summed E-state index contributed by atoms with van der Waals surface area (Å²) < 4.78 is 16.0. The van der Waals surface area contributed by atoms with Crippen molar-refractivity contribution < 1.29 is 23.8 Å². The number of piperazine rings is 1. The van der Waals surface area contributed by atoms with Gasteiger partial charge in [0.2, 0.25) is 5.91 Å². The summed E-state index contributed by atoms with van der Waals surface area (Å²) in [6.45, 7) is 5.21. The SMILES string of the molecule is COCCCNC(=O)CN1CCN(C(=O)c2ccc3c(c2)OCCO3)CC1. The van der Waals surface area contributed by atoms with E-state index in [-0.39, 0.29) is 11.8 Å². The molecule has 1 saturated heterocycles. The Hall–Kier alpha value is -2.32. The Morgan fingerprint density at radius 3 is 2.59 bits per heavy atom. The van der Waals surface area contributed by atoms with Gasteiger partial charge in [-0.3, -0.25) is 14.5 Å². The third-order valence-corrected chi connectivity index (χ3v) is 4.66. The van der Waals surface area contributed by atoms with E-state index in [4.69, 9.17) is 14.2 Å². The number of hydrogen-bond acceptors (Lipinski definition) is 6. The molecule has 1 N–H and O–H groups in total. The van der Waals surface area contributed by atoms with E-state index in [1.807, 2.05) is 4.90 Å². The molecule has 0 radical (unpaired) electrons. The molecule has 27 heavy (non-hydrogen) atoms. The molecule has 8 heteroatoms. The molecule has 2 heterocycles. The molecule has 0 spiro atoms. The molecular weight excluding hydrogens is 350 g/mol. The highest BCUT2D eigenvalue weighted by Crippen LogP contribution is 2.31. The van der Waals surface area contributed by atoms with Crippen LogP contribution in [0.2, 0.25) is 0 Å². The highest BCUT2D eigenvalue weighted by Gasteiger charge is 2.24. The van der Waals surface area contributed by atoms with Gasteiger partial charge in [-0.2, -0.15) is 0 Å². The number of hydrogen-bond donors (Lipinski definition) is 1. The molecule has 0 atom stereocenters. The van der Waals surface area contributed by atoms with E-state index in [1.54, 1.807) is 25.3 Å². The summed E-state index contributed by atoms with van der Waals surface area (Å²) in [7, 11) is 1.65. The van der Waals surface area contributed by atoms with Gasteiger partial charge in [-0.15, -0.1) is 0 Å². The van der Waals surface area contributed by atoms with Crippen molar-refractivity contribution in [3.05, 3.63) is 23.8 Å². The number of nitrogens with one attached hydrogen (secondary N) is 1. The van der Waals surface area contributed by atoms with Crippen molar-refractivity contribution in [1.82, 2.24) is 15.1 Å². The predicted molar refractivity (Wildman–Crippen MR) is 99.3 cm³/mol. The number of ether oxygens (including phenoxy) is 3. The number of carbonyl (C=O) groups is 2. The molecule has 3 rings (SSSR count). The normalized spacial score (nSPS) is 16.9. The Balaban J connectivity index is 1.45. The van der Waals surface area contributed by atoms with Crippen molar-refractivity contribution in [2.75, 3.05) is 66.2 Å². The molecule has 2 aliphatic rings. The number of fused-ring (bicyclic) bond motifs is 1. The number of methoxy groups -OCH3 is 1. The second-order valence-corrected chi connectivity index (χ2v) is 6.62. The Kier molecular flexibility index (Phi) is 6.89. The zero-order valence-corrected chi connectivity index (χ0v) is 15.7. The van der Waals surface area contributed by atoms with Gasteiger partial charge in [0.1, 0.15) is 13.2 Å². The summed E-state index contributed by atoms with van der Waals surface area (Å²) in [5.41, 5.74) is 0.601. The fourth-order valence-electron chi connectivity index (χ4n) is 3.17. The highest BCUT2D eigenvalue weighted by atomic mass is 16.6. The Bertz CT molecular complexity index is 659. The smallest absolute Gasteiger partial charge is 0.254 e. The van der Waals surface area contributed by atoms with E-state index in [0.29, 0.717) is 76.2 Å². The number of nitrogens with zero attached hydrogens (tertiary/aromatic N) is 2. The van der Waals surface area contributed by atoms with Crippen LogP contribution in [-0.4, -0.2) is 87.8 Å². The van der Waals surface area contributed by atoms with Crippen LogP contribution < -0.4 is 14.8 Å². The van der Waals surface area contributed by atoms with E-state index < -0.39 is 0 Å². The maximum atomic E-state index is 12.7. The van der Waals surface area contributed by atoms with E-state index in [2.05, 4.69) is 10.2 Å². The summed E-state index contributed by atoms with van der Waals surface area (Å²) in [5, 5.41) is 2.89. The number of carbonyl (C=O) groups excluding carboxylic acids is 2. The summed E-state index contributed by atoms with van der Waals surface area (Å²) in [6.07, 6.45) is 0.806. The van der Waals surface area contributed by atoms with Gasteiger partial charge in [0.05, 0.1) is 6.54 Å². The Morgan fingerprint density at radius 2 is 1.85 bits per heavy atom. The number of benzene rings is 1. The van der Waals surface area contributed by atoms with Crippen LogP contribution in [0, 0.1) is 0 Å². The van der Waals surface area contributed by atoms with Crippen molar-refractivity contribution in [2.24, 2.45) is 0 Å². The van der Waals surface area contributed by atoms with E-state index in [9.17, 15) is 9.59 Å². The standard InChI is InChI=1S/C19H27N3O5/c1-25-10-2-5-20-18(23)14-21-6-8-22(9-7-21)19(24)15-3-4-16-17(13-15)27-12-11-26-16/h3-4,13H,2,5-12,14H2,1H3,(H,20,23). The van der Waals surface area contributed by atoms with Gasteiger partial charge in [-0.05, 0) is 24.6 Å². The molecule has 8 nitrogen and oxygen atoms in total. The van der Waals surface area contributed by atoms with Gasteiger partial charge < -0.3 is 24.4 Å². The molecule has 2 aliphatic heterocycles. The molecule has 2 amide bonds. The Morgan fingerprint density at radius 1 is 1.11 bits per heavy atom. The summed E-state index contributed by atoms with van der Waals surface area (Å²) in [5.74, 6) is 1.29. The molecule has 148 valence electrons. The predicted octanol–water partition coefficient (Wildman–Crippen LogP) is 0.368. The van der Waals surface area contributed by atoms with Crippen LogP contribution in [-0.2, 0) is 9.53 Å². The third kappa shape index (κ3) is 5.33. The number of rotatable bonds is 7. The molecular formula is C19H27N3O5. The largest absolute Gasteiger partial charge is 0.486 e. The van der Waals surface area contributed by atoms with Crippen molar-refractivity contribution in [1.29, 1.82) is 0 Å². The van der Waals surface area contributed by atoms with Crippen molar-refractivity contribution in [2.45, 2.75) is 6.42 Å². The molecule has 1 fully saturated rings. The minimum Gasteiger partial charge on any atom is -0.486 e. The van der Waals surface area contributed by atoms with E-state index in [1.165, 1.54) is 0 Å². The van der Waals surface area contributed by atoms with Crippen LogP contribution in [0.4, 0.5) is 0 Å². The first-order chi connectivity index (χ1) is 13.2. The van der Waals surface area contributed by atoms with Crippen molar-refractivity contribution >= 4 is 11.8 Å².